The molecule has 3 nitrogen and oxygen atoms in total. The van der Waals surface area contributed by atoms with Crippen LogP contribution in [-0.2, 0) is 6.42 Å². The summed E-state index contributed by atoms with van der Waals surface area (Å²) >= 11 is 0. The van der Waals surface area contributed by atoms with Crippen LogP contribution >= 0.6 is 0 Å². The van der Waals surface area contributed by atoms with Gasteiger partial charge in [-0.05, 0) is 50.6 Å². The molecule has 0 aromatic heterocycles. The molecular formula is C13H20FNO2. The number of aliphatic hydroxyl groups is 1. The SMILES string of the molecule is COc1ccc(F)cc1CCNCC(C)(C)O. The van der Waals surface area contributed by atoms with E-state index in [4.69, 9.17) is 4.74 Å². The van der Waals surface area contributed by atoms with E-state index in [1.807, 2.05) is 0 Å². The molecule has 2 N–H and O–H groups in total. The molecule has 0 heterocycles. The van der Waals surface area contributed by atoms with E-state index in [9.17, 15) is 9.50 Å². The normalized spacial score (nSPS) is 11.6. The van der Waals surface area contributed by atoms with E-state index in [1.165, 1.54) is 12.1 Å². The molecule has 0 aliphatic rings. The van der Waals surface area contributed by atoms with Crippen molar-refractivity contribution in [3.8, 4) is 5.75 Å². The summed E-state index contributed by atoms with van der Waals surface area (Å²) in [6.45, 7) is 4.65. The highest BCUT2D eigenvalue weighted by Gasteiger charge is 2.11. The second-order valence-electron chi connectivity index (χ2n) is 4.70. The third kappa shape index (κ3) is 5.15. The fraction of sp³-hybridized carbons (Fsp3) is 0.538. The first-order valence-electron chi connectivity index (χ1n) is 5.68. The molecule has 1 aromatic carbocycles. The number of halogens is 1. The lowest BCUT2D eigenvalue weighted by molar-refractivity contribution is 0.0801. The zero-order valence-corrected chi connectivity index (χ0v) is 10.6. The van der Waals surface area contributed by atoms with Gasteiger partial charge in [-0.25, -0.2) is 4.39 Å². The highest BCUT2D eigenvalue weighted by atomic mass is 19.1. The Morgan fingerprint density at radius 1 is 1.41 bits per heavy atom. The fourth-order valence-electron chi connectivity index (χ4n) is 1.56. The Balaban J connectivity index is 2.48. The number of hydrogen-bond acceptors (Lipinski definition) is 3. The second kappa shape index (κ2) is 5.98. The molecule has 0 bridgehead atoms. The van der Waals surface area contributed by atoms with E-state index in [2.05, 4.69) is 5.32 Å². The molecule has 0 saturated heterocycles. The molecule has 0 saturated carbocycles. The van der Waals surface area contributed by atoms with Gasteiger partial charge in [0.1, 0.15) is 11.6 Å². The average Bonchev–Trinajstić information content (AvgIpc) is 2.23. The summed E-state index contributed by atoms with van der Waals surface area (Å²) in [7, 11) is 1.57. The monoisotopic (exact) mass is 241 g/mol. The van der Waals surface area contributed by atoms with E-state index in [-0.39, 0.29) is 5.82 Å². The summed E-state index contributed by atoms with van der Waals surface area (Å²) in [4.78, 5) is 0. The summed E-state index contributed by atoms with van der Waals surface area (Å²) < 4.78 is 18.2. The lowest BCUT2D eigenvalue weighted by atomic mass is 10.1. The van der Waals surface area contributed by atoms with E-state index in [0.717, 1.165) is 5.56 Å². The van der Waals surface area contributed by atoms with Crippen LogP contribution in [0.5, 0.6) is 5.75 Å². The van der Waals surface area contributed by atoms with Crippen LogP contribution in [0.25, 0.3) is 0 Å². The van der Waals surface area contributed by atoms with Gasteiger partial charge in [-0.3, -0.25) is 0 Å². The van der Waals surface area contributed by atoms with E-state index >= 15 is 0 Å². The molecule has 0 atom stereocenters. The largest absolute Gasteiger partial charge is 0.496 e. The van der Waals surface area contributed by atoms with Crippen LogP contribution in [0.4, 0.5) is 4.39 Å². The number of ether oxygens (including phenoxy) is 1. The summed E-state index contributed by atoms with van der Waals surface area (Å²) in [5.41, 5.74) is 0.0993. The Labute approximate surface area is 102 Å². The molecule has 0 radical (unpaired) electrons. The topological polar surface area (TPSA) is 41.5 Å². The minimum Gasteiger partial charge on any atom is -0.496 e. The Hall–Kier alpha value is -1.13. The van der Waals surface area contributed by atoms with E-state index < -0.39 is 5.60 Å². The first-order valence-corrected chi connectivity index (χ1v) is 5.68. The van der Waals surface area contributed by atoms with Gasteiger partial charge in [0.05, 0.1) is 12.7 Å². The maximum atomic E-state index is 13.1. The second-order valence-corrected chi connectivity index (χ2v) is 4.70. The van der Waals surface area contributed by atoms with Crippen molar-refractivity contribution in [3.05, 3.63) is 29.6 Å². The third-order valence-electron chi connectivity index (χ3n) is 2.37. The number of nitrogens with one attached hydrogen (secondary N) is 1. The van der Waals surface area contributed by atoms with E-state index in [0.29, 0.717) is 25.3 Å². The minimum absolute atomic E-state index is 0.261. The third-order valence-corrected chi connectivity index (χ3v) is 2.37. The molecule has 0 aliphatic carbocycles. The van der Waals surface area contributed by atoms with Crippen LogP contribution in [0.3, 0.4) is 0 Å². The van der Waals surface area contributed by atoms with Gasteiger partial charge in [-0.1, -0.05) is 0 Å². The van der Waals surface area contributed by atoms with Gasteiger partial charge >= 0.3 is 0 Å². The summed E-state index contributed by atoms with van der Waals surface area (Å²) in [6, 6.07) is 4.48. The molecule has 0 spiro atoms. The standard InChI is InChI=1S/C13H20FNO2/c1-13(2,16)9-15-7-6-10-8-11(14)4-5-12(10)17-3/h4-5,8,15-16H,6-7,9H2,1-3H3. The van der Waals surface area contributed by atoms with Crippen molar-refractivity contribution in [2.75, 3.05) is 20.2 Å². The smallest absolute Gasteiger partial charge is 0.123 e. The van der Waals surface area contributed by atoms with Crippen molar-refractivity contribution >= 4 is 0 Å². The van der Waals surface area contributed by atoms with Gasteiger partial charge in [0.2, 0.25) is 0 Å². The highest BCUT2D eigenvalue weighted by molar-refractivity contribution is 5.34. The maximum Gasteiger partial charge on any atom is 0.123 e. The maximum absolute atomic E-state index is 13.1. The van der Waals surface area contributed by atoms with Crippen LogP contribution in [0, 0.1) is 5.82 Å². The quantitative estimate of drug-likeness (QED) is 0.745. The van der Waals surface area contributed by atoms with Gasteiger partial charge in [0.15, 0.2) is 0 Å². The van der Waals surface area contributed by atoms with Crippen molar-refractivity contribution in [2.45, 2.75) is 25.9 Å². The van der Waals surface area contributed by atoms with Crippen LogP contribution in [0.2, 0.25) is 0 Å². The number of hydrogen-bond donors (Lipinski definition) is 2. The summed E-state index contributed by atoms with van der Waals surface area (Å²) in [6.07, 6.45) is 0.664. The highest BCUT2D eigenvalue weighted by Crippen LogP contribution is 2.19. The number of benzene rings is 1. The molecule has 0 aliphatic heterocycles. The van der Waals surface area contributed by atoms with Crippen molar-refractivity contribution in [2.24, 2.45) is 0 Å². The number of methoxy groups -OCH3 is 1. The Bertz CT molecular complexity index is 361. The van der Waals surface area contributed by atoms with Crippen molar-refractivity contribution in [1.29, 1.82) is 0 Å². The summed E-state index contributed by atoms with van der Waals surface area (Å²) in [5, 5.41) is 12.6. The van der Waals surface area contributed by atoms with Gasteiger partial charge < -0.3 is 15.2 Å². The number of rotatable bonds is 6. The molecule has 0 unspecified atom stereocenters. The first kappa shape index (κ1) is 13.9. The molecule has 4 heteroatoms. The summed E-state index contributed by atoms with van der Waals surface area (Å²) in [5.74, 6) is 0.430. The van der Waals surface area contributed by atoms with E-state index in [1.54, 1.807) is 27.0 Å². The van der Waals surface area contributed by atoms with Gasteiger partial charge in [0, 0.05) is 6.54 Å². The zero-order valence-electron chi connectivity index (χ0n) is 10.6. The minimum atomic E-state index is -0.730. The molecule has 0 amide bonds. The lowest BCUT2D eigenvalue weighted by Gasteiger charge is -2.17. The molecule has 0 fully saturated rings. The Morgan fingerprint density at radius 3 is 2.71 bits per heavy atom. The van der Waals surface area contributed by atoms with Crippen molar-refractivity contribution in [3.63, 3.8) is 0 Å². The van der Waals surface area contributed by atoms with Crippen molar-refractivity contribution < 1.29 is 14.2 Å². The molecule has 17 heavy (non-hydrogen) atoms. The van der Waals surface area contributed by atoms with Gasteiger partial charge in [0.25, 0.3) is 0 Å². The zero-order chi connectivity index (χ0) is 12.9. The Morgan fingerprint density at radius 2 is 2.12 bits per heavy atom. The predicted octanol–water partition coefficient (Wildman–Crippen LogP) is 1.74. The first-order chi connectivity index (χ1) is 7.92. The van der Waals surface area contributed by atoms with Gasteiger partial charge in [-0.2, -0.15) is 0 Å². The average molecular weight is 241 g/mol. The molecule has 1 rings (SSSR count). The van der Waals surface area contributed by atoms with Crippen LogP contribution in [0.15, 0.2) is 18.2 Å². The van der Waals surface area contributed by atoms with Crippen LogP contribution in [-0.4, -0.2) is 30.9 Å². The lowest BCUT2D eigenvalue weighted by Crippen LogP contribution is -2.35. The molecular weight excluding hydrogens is 221 g/mol. The molecule has 1 aromatic rings. The van der Waals surface area contributed by atoms with Crippen molar-refractivity contribution in [1.82, 2.24) is 5.32 Å². The van der Waals surface area contributed by atoms with Gasteiger partial charge in [-0.15, -0.1) is 0 Å². The predicted molar refractivity (Wildman–Crippen MR) is 65.8 cm³/mol. The fourth-order valence-corrected chi connectivity index (χ4v) is 1.56. The van der Waals surface area contributed by atoms with Crippen LogP contribution in [0.1, 0.15) is 19.4 Å². The van der Waals surface area contributed by atoms with Crippen LogP contribution < -0.4 is 10.1 Å². The Kier molecular flexibility index (Phi) is 4.90. The molecule has 96 valence electrons.